The van der Waals surface area contributed by atoms with Crippen molar-refractivity contribution in [3.8, 4) is 0 Å². The molecule has 3 heteroatoms. The van der Waals surface area contributed by atoms with E-state index in [1.165, 1.54) is 22.3 Å². The molecule has 3 nitrogen and oxygen atoms in total. The van der Waals surface area contributed by atoms with Crippen molar-refractivity contribution in [2.24, 2.45) is 11.7 Å². The van der Waals surface area contributed by atoms with Gasteiger partial charge in [-0.05, 0) is 68.2 Å². The van der Waals surface area contributed by atoms with Crippen molar-refractivity contribution < 1.29 is 9.90 Å². The van der Waals surface area contributed by atoms with Crippen molar-refractivity contribution in [3.05, 3.63) is 34.4 Å². The molecule has 0 fully saturated rings. The number of hydrogen-bond acceptors (Lipinski definition) is 2. The first-order valence-electron chi connectivity index (χ1n) is 7.17. The molecule has 0 aliphatic rings. The highest BCUT2D eigenvalue weighted by atomic mass is 16.4. The molecule has 0 aliphatic carbocycles. The molecule has 0 heterocycles. The molecule has 0 radical (unpaired) electrons. The van der Waals surface area contributed by atoms with Crippen LogP contribution in [-0.2, 0) is 4.79 Å². The summed E-state index contributed by atoms with van der Waals surface area (Å²) in [6.07, 6.45) is 0.469. The maximum Gasteiger partial charge on any atom is 0.323 e. The lowest BCUT2D eigenvalue weighted by Crippen LogP contribution is -2.46. The predicted octanol–water partition coefficient (Wildman–Crippen LogP) is 3.54. The second kappa shape index (κ2) is 5.96. The van der Waals surface area contributed by atoms with E-state index in [2.05, 4.69) is 46.8 Å². The summed E-state index contributed by atoms with van der Waals surface area (Å²) in [4.78, 5) is 11.2. The van der Waals surface area contributed by atoms with Crippen LogP contribution in [0.5, 0.6) is 0 Å². The zero-order valence-corrected chi connectivity index (χ0v) is 13.4. The summed E-state index contributed by atoms with van der Waals surface area (Å²) < 4.78 is 0. The molecule has 3 unspecified atom stereocenters. The van der Waals surface area contributed by atoms with Crippen LogP contribution in [0.1, 0.15) is 55.4 Å². The zero-order valence-electron chi connectivity index (χ0n) is 13.4. The molecular formula is C17H27NO2. The molecular weight excluding hydrogens is 250 g/mol. The van der Waals surface area contributed by atoms with E-state index in [0.717, 1.165) is 0 Å². The van der Waals surface area contributed by atoms with Crippen LogP contribution in [0.4, 0.5) is 0 Å². The van der Waals surface area contributed by atoms with Gasteiger partial charge in [-0.3, -0.25) is 4.79 Å². The van der Waals surface area contributed by atoms with Crippen molar-refractivity contribution >= 4 is 5.97 Å². The topological polar surface area (TPSA) is 63.3 Å². The molecule has 0 aliphatic heterocycles. The third-order valence-corrected chi connectivity index (χ3v) is 4.55. The molecule has 0 saturated carbocycles. The van der Waals surface area contributed by atoms with E-state index < -0.39 is 11.5 Å². The van der Waals surface area contributed by atoms with E-state index in [1.54, 1.807) is 6.92 Å². The Labute approximate surface area is 122 Å². The fourth-order valence-corrected chi connectivity index (χ4v) is 2.89. The number of carbonyl (C=O) groups is 1. The number of benzene rings is 1. The summed E-state index contributed by atoms with van der Waals surface area (Å²) in [6, 6.07) is 4.27. The minimum atomic E-state index is -1.17. The van der Waals surface area contributed by atoms with E-state index in [0.29, 0.717) is 6.42 Å². The van der Waals surface area contributed by atoms with Crippen LogP contribution < -0.4 is 5.73 Å². The van der Waals surface area contributed by atoms with Gasteiger partial charge in [0.1, 0.15) is 5.54 Å². The highest BCUT2D eigenvalue weighted by Crippen LogP contribution is 2.34. The van der Waals surface area contributed by atoms with Gasteiger partial charge in [0.05, 0.1) is 0 Å². The van der Waals surface area contributed by atoms with Crippen LogP contribution >= 0.6 is 0 Å². The summed E-state index contributed by atoms with van der Waals surface area (Å²) in [7, 11) is 0. The van der Waals surface area contributed by atoms with E-state index in [1.807, 2.05) is 0 Å². The van der Waals surface area contributed by atoms with Gasteiger partial charge in [-0.25, -0.2) is 0 Å². The number of rotatable bonds is 5. The fourth-order valence-electron chi connectivity index (χ4n) is 2.89. The van der Waals surface area contributed by atoms with Gasteiger partial charge < -0.3 is 10.8 Å². The Morgan fingerprint density at radius 2 is 1.75 bits per heavy atom. The third kappa shape index (κ3) is 3.40. The second-order valence-corrected chi connectivity index (χ2v) is 6.43. The minimum absolute atomic E-state index is 0.209. The average molecular weight is 277 g/mol. The normalized spacial score (nSPS) is 17.4. The molecule has 0 spiro atoms. The smallest absolute Gasteiger partial charge is 0.323 e. The first kappa shape index (κ1) is 16.7. The lowest BCUT2D eigenvalue weighted by molar-refractivity contribution is -0.143. The lowest BCUT2D eigenvalue weighted by atomic mass is 9.77. The molecule has 1 rings (SSSR count). The molecule has 0 amide bonds. The first-order chi connectivity index (χ1) is 9.08. The highest BCUT2D eigenvalue weighted by molar-refractivity contribution is 5.77. The Hall–Kier alpha value is -1.35. The number of carboxylic acid groups (broad SMARTS) is 1. The van der Waals surface area contributed by atoms with Gasteiger partial charge >= 0.3 is 5.97 Å². The summed E-state index contributed by atoms with van der Waals surface area (Å²) in [6.45, 7) is 12.2. The standard InChI is InChI=1S/C17H27NO2/c1-10-7-8-11(2)15(13(10)4)14(5)12(3)9-17(6,18)16(19)20/h7-8,12,14H,9,18H2,1-6H3,(H,19,20). The van der Waals surface area contributed by atoms with Crippen LogP contribution in [0.3, 0.4) is 0 Å². The molecule has 0 aromatic heterocycles. The van der Waals surface area contributed by atoms with Gasteiger partial charge in [0.15, 0.2) is 0 Å². The Kier molecular flexibility index (Phi) is 4.98. The van der Waals surface area contributed by atoms with Crippen molar-refractivity contribution in [2.45, 2.75) is 59.4 Å². The lowest BCUT2D eigenvalue weighted by Gasteiger charge is -2.29. The Morgan fingerprint density at radius 1 is 1.25 bits per heavy atom. The van der Waals surface area contributed by atoms with E-state index in [4.69, 9.17) is 5.73 Å². The molecule has 3 N–H and O–H groups in total. The highest BCUT2D eigenvalue weighted by Gasteiger charge is 2.32. The van der Waals surface area contributed by atoms with Gasteiger partial charge in [0.25, 0.3) is 0 Å². The molecule has 3 atom stereocenters. The first-order valence-corrected chi connectivity index (χ1v) is 7.17. The molecule has 0 bridgehead atoms. The summed E-state index contributed by atoms with van der Waals surface area (Å²) in [5.74, 6) is -0.438. The van der Waals surface area contributed by atoms with E-state index >= 15 is 0 Å². The fraction of sp³-hybridized carbons (Fsp3) is 0.588. The molecule has 112 valence electrons. The summed E-state index contributed by atoms with van der Waals surface area (Å²) >= 11 is 0. The Balaban J connectivity index is 3.04. The van der Waals surface area contributed by atoms with E-state index in [-0.39, 0.29) is 11.8 Å². The largest absolute Gasteiger partial charge is 0.480 e. The quantitative estimate of drug-likeness (QED) is 0.865. The van der Waals surface area contributed by atoms with Crippen LogP contribution in [0.2, 0.25) is 0 Å². The second-order valence-electron chi connectivity index (χ2n) is 6.43. The van der Waals surface area contributed by atoms with Crippen molar-refractivity contribution in [1.82, 2.24) is 0 Å². The molecule has 0 saturated heterocycles. The van der Waals surface area contributed by atoms with Crippen molar-refractivity contribution in [3.63, 3.8) is 0 Å². The van der Waals surface area contributed by atoms with Gasteiger partial charge in [-0.1, -0.05) is 26.0 Å². The number of aliphatic carboxylic acids is 1. The molecule has 1 aromatic carbocycles. The maximum atomic E-state index is 11.2. The van der Waals surface area contributed by atoms with Gasteiger partial charge in [0, 0.05) is 0 Å². The van der Waals surface area contributed by atoms with Gasteiger partial charge in [-0.2, -0.15) is 0 Å². The SMILES string of the molecule is Cc1ccc(C)c(C(C)C(C)CC(C)(N)C(=O)O)c1C. The predicted molar refractivity (Wildman–Crippen MR) is 83.1 cm³/mol. The zero-order chi connectivity index (χ0) is 15.7. The van der Waals surface area contributed by atoms with Crippen LogP contribution in [0.15, 0.2) is 12.1 Å². The summed E-state index contributed by atoms with van der Waals surface area (Å²) in [5.41, 5.74) is 9.89. The maximum absolute atomic E-state index is 11.2. The van der Waals surface area contributed by atoms with Gasteiger partial charge in [-0.15, -0.1) is 0 Å². The number of aryl methyl sites for hydroxylation is 2. The number of hydrogen-bond donors (Lipinski definition) is 2. The monoisotopic (exact) mass is 277 g/mol. The van der Waals surface area contributed by atoms with Crippen molar-refractivity contribution in [1.29, 1.82) is 0 Å². The average Bonchev–Trinajstić information content (AvgIpc) is 2.33. The Bertz CT molecular complexity index is 506. The number of nitrogens with two attached hydrogens (primary N) is 1. The van der Waals surface area contributed by atoms with Crippen molar-refractivity contribution in [2.75, 3.05) is 0 Å². The van der Waals surface area contributed by atoms with Crippen LogP contribution in [-0.4, -0.2) is 16.6 Å². The van der Waals surface area contributed by atoms with Crippen LogP contribution in [0.25, 0.3) is 0 Å². The van der Waals surface area contributed by atoms with E-state index in [9.17, 15) is 9.90 Å². The van der Waals surface area contributed by atoms with Crippen LogP contribution in [0, 0.1) is 26.7 Å². The number of carboxylic acids is 1. The van der Waals surface area contributed by atoms with Gasteiger partial charge in [0.2, 0.25) is 0 Å². The minimum Gasteiger partial charge on any atom is -0.480 e. The summed E-state index contributed by atoms with van der Waals surface area (Å²) in [5, 5.41) is 9.17. The molecule has 20 heavy (non-hydrogen) atoms. The third-order valence-electron chi connectivity index (χ3n) is 4.55. The molecule has 1 aromatic rings. The Morgan fingerprint density at radius 3 is 2.25 bits per heavy atom.